The second-order valence-corrected chi connectivity index (χ2v) is 8.20. The summed E-state index contributed by atoms with van der Waals surface area (Å²) in [4.78, 5) is 0. The first-order chi connectivity index (χ1) is 13.2. The van der Waals surface area contributed by atoms with Crippen LogP contribution in [0.4, 0.5) is 0 Å². The third-order valence-corrected chi connectivity index (χ3v) is 5.64. The largest absolute Gasteiger partial charge is 0.501 e. The molecule has 0 amide bonds. The highest BCUT2D eigenvalue weighted by Crippen LogP contribution is 2.33. The van der Waals surface area contributed by atoms with Crippen molar-refractivity contribution in [2.24, 2.45) is 5.41 Å². The van der Waals surface area contributed by atoms with Crippen molar-refractivity contribution in [3.8, 4) is 0 Å². The van der Waals surface area contributed by atoms with Gasteiger partial charge >= 0.3 is 0 Å². The Hall–Kier alpha value is -0.920. The molecular formula is C25H48O2. The minimum absolute atomic E-state index is 0.106. The molecule has 0 heterocycles. The lowest BCUT2D eigenvalue weighted by Crippen LogP contribution is -2.31. The van der Waals surface area contributed by atoms with E-state index in [2.05, 4.69) is 27.0 Å². The molecule has 0 radical (unpaired) electrons. The maximum Gasteiger partial charge on any atom is 0.0961 e. The highest BCUT2D eigenvalue weighted by Gasteiger charge is 2.30. The standard InChI is InChI=1S/C25H48O2/c1-5-9-11-13-15-17-19-21-25(23-26-7-3,24-27-8-4)22-20-18-16-14-12-10-6-2/h7-8H,3-6,9-24H2,1-2H3. The molecule has 0 N–H and O–H groups in total. The highest BCUT2D eigenvalue weighted by molar-refractivity contribution is 4.81. The van der Waals surface area contributed by atoms with Gasteiger partial charge in [-0.15, -0.1) is 0 Å². The molecule has 0 saturated heterocycles. The van der Waals surface area contributed by atoms with Crippen molar-refractivity contribution in [3.05, 3.63) is 25.7 Å². The molecular weight excluding hydrogens is 332 g/mol. The van der Waals surface area contributed by atoms with E-state index in [-0.39, 0.29) is 5.41 Å². The fraction of sp³-hybridized carbons (Fsp3) is 0.840. The van der Waals surface area contributed by atoms with Gasteiger partial charge in [-0.2, -0.15) is 0 Å². The molecule has 0 aromatic rings. The van der Waals surface area contributed by atoms with Crippen LogP contribution in [0.3, 0.4) is 0 Å². The normalized spacial score (nSPS) is 11.3. The number of rotatable bonds is 22. The third kappa shape index (κ3) is 15.8. The van der Waals surface area contributed by atoms with Crippen LogP contribution in [-0.2, 0) is 9.47 Å². The summed E-state index contributed by atoms with van der Waals surface area (Å²) in [6.45, 7) is 13.5. The van der Waals surface area contributed by atoms with E-state index in [1.54, 1.807) is 12.5 Å². The van der Waals surface area contributed by atoms with Gasteiger partial charge in [0.05, 0.1) is 25.7 Å². The average Bonchev–Trinajstić information content (AvgIpc) is 2.69. The highest BCUT2D eigenvalue weighted by atomic mass is 16.5. The van der Waals surface area contributed by atoms with E-state index in [4.69, 9.17) is 9.47 Å². The van der Waals surface area contributed by atoms with Crippen molar-refractivity contribution < 1.29 is 9.47 Å². The van der Waals surface area contributed by atoms with Gasteiger partial charge < -0.3 is 9.47 Å². The Morgan fingerprint density at radius 2 is 0.889 bits per heavy atom. The molecule has 0 aliphatic heterocycles. The number of hydrogen-bond donors (Lipinski definition) is 0. The summed E-state index contributed by atoms with van der Waals surface area (Å²) in [6, 6.07) is 0. The van der Waals surface area contributed by atoms with Gasteiger partial charge in [0, 0.05) is 5.41 Å². The first-order valence-electron chi connectivity index (χ1n) is 11.7. The van der Waals surface area contributed by atoms with Crippen molar-refractivity contribution in [2.75, 3.05) is 13.2 Å². The van der Waals surface area contributed by atoms with Gasteiger partial charge in [0.2, 0.25) is 0 Å². The Morgan fingerprint density at radius 3 is 1.22 bits per heavy atom. The summed E-state index contributed by atoms with van der Waals surface area (Å²) in [7, 11) is 0. The van der Waals surface area contributed by atoms with Gasteiger partial charge in [-0.05, 0) is 12.8 Å². The Labute approximate surface area is 170 Å². The van der Waals surface area contributed by atoms with E-state index < -0.39 is 0 Å². The lowest BCUT2D eigenvalue weighted by molar-refractivity contribution is 0.0213. The van der Waals surface area contributed by atoms with Gasteiger partial charge in [0.1, 0.15) is 0 Å². The fourth-order valence-corrected chi connectivity index (χ4v) is 3.84. The topological polar surface area (TPSA) is 18.5 Å². The van der Waals surface area contributed by atoms with E-state index in [1.807, 2.05) is 0 Å². The molecule has 160 valence electrons. The maximum absolute atomic E-state index is 5.67. The molecule has 27 heavy (non-hydrogen) atoms. The molecule has 0 bridgehead atoms. The number of hydrogen-bond acceptors (Lipinski definition) is 2. The van der Waals surface area contributed by atoms with Gasteiger partial charge in [0.25, 0.3) is 0 Å². The lowest BCUT2D eigenvalue weighted by Gasteiger charge is -2.33. The van der Waals surface area contributed by atoms with Crippen LogP contribution in [0.1, 0.15) is 117 Å². The zero-order valence-corrected chi connectivity index (χ0v) is 18.6. The van der Waals surface area contributed by atoms with Crippen LogP contribution < -0.4 is 0 Å². The van der Waals surface area contributed by atoms with Crippen molar-refractivity contribution in [2.45, 2.75) is 117 Å². The molecule has 0 saturated carbocycles. The Morgan fingerprint density at radius 1 is 0.556 bits per heavy atom. The minimum Gasteiger partial charge on any atom is -0.501 e. The van der Waals surface area contributed by atoms with E-state index in [0.717, 1.165) is 13.2 Å². The van der Waals surface area contributed by atoms with Gasteiger partial charge in [0.15, 0.2) is 0 Å². The first kappa shape index (κ1) is 26.1. The van der Waals surface area contributed by atoms with E-state index in [0.29, 0.717) is 0 Å². The number of unbranched alkanes of at least 4 members (excludes halogenated alkanes) is 12. The fourth-order valence-electron chi connectivity index (χ4n) is 3.84. The van der Waals surface area contributed by atoms with Crippen LogP contribution in [0, 0.1) is 5.41 Å². The van der Waals surface area contributed by atoms with Crippen LogP contribution in [0.25, 0.3) is 0 Å². The molecule has 0 aliphatic carbocycles. The molecule has 0 aromatic heterocycles. The molecule has 0 unspecified atom stereocenters. The summed E-state index contributed by atoms with van der Waals surface area (Å²) in [5, 5.41) is 0. The summed E-state index contributed by atoms with van der Waals surface area (Å²) in [6.07, 6.45) is 24.4. The Bertz CT molecular complexity index is 292. The van der Waals surface area contributed by atoms with E-state index >= 15 is 0 Å². The zero-order valence-electron chi connectivity index (χ0n) is 18.6. The second-order valence-electron chi connectivity index (χ2n) is 8.20. The molecule has 2 nitrogen and oxygen atoms in total. The van der Waals surface area contributed by atoms with Crippen molar-refractivity contribution in [1.82, 2.24) is 0 Å². The predicted octanol–water partition coefficient (Wildman–Crippen LogP) is 8.57. The van der Waals surface area contributed by atoms with Crippen LogP contribution in [0.5, 0.6) is 0 Å². The van der Waals surface area contributed by atoms with Crippen LogP contribution in [-0.4, -0.2) is 13.2 Å². The second kappa shape index (κ2) is 19.8. The minimum atomic E-state index is 0.106. The quantitative estimate of drug-likeness (QED) is 0.138. The van der Waals surface area contributed by atoms with Gasteiger partial charge in [-0.1, -0.05) is 117 Å². The molecule has 0 aliphatic rings. The summed E-state index contributed by atoms with van der Waals surface area (Å²) in [5.74, 6) is 0. The molecule has 2 heteroatoms. The van der Waals surface area contributed by atoms with Crippen LogP contribution in [0.15, 0.2) is 25.7 Å². The van der Waals surface area contributed by atoms with Crippen molar-refractivity contribution in [1.29, 1.82) is 0 Å². The Kier molecular flexibility index (Phi) is 19.2. The zero-order chi connectivity index (χ0) is 20.1. The monoisotopic (exact) mass is 380 g/mol. The van der Waals surface area contributed by atoms with Crippen LogP contribution >= 0.6 is 0 Å². The lowest BCUT2D eigenvalue weighted by atomic mass is 9.79. The molecule has 0 rings (SSSR count). The predicted molar refractivity (Wildman–Crippen MR) is 120 cm³/mol. The summed E-state index contributed by atoms with van der Waals surface area (Å²) in [5.41, 5.74) is 0.106. The first-order valence-corrected chi connectivity index (χ1v) is 11.7. The van der Waals surface area contributed by atoms with Crippen LogP contribution in [0.2, 0.25) is 0 Å². The summed E-state index contributed by atoms with van der Waals surface area (Å²) >= 11 is 0. The maximum atomic E-state index is 5.67. The molecule has 0 atom stereocenters. The SMILES string of the molecule is C=COCC(CCCCCCCCC)(CCCCCCCCC)COC=C. The van der Waals surface area contributed by atoms with Crippen molar-refractivity contribution >= 4 is 0 Å². The van der Waals surface area contributed by atoms with Crippen molar-refractivity contribution in [3.63, 3.8) is 0 Å². The smallest absolute Gasteiger partial charge is 0.0961 e. The van der Waals surface area contributed by atoms with Gasteiger partial charge in [-0.3, -0.25) is 0 Å². The molecule has 0 spiro atoms. The number of ether oxygens (including phenoxy) is 2. The van der Waals surface area contributed by atoms with E-state index in [9.17, 15) is 0 Å². The summed E-state index contributed by atoms with van der Waals surface area (Å²) < 4.78 is 11.3. The van der Waals surface area contributed by atoms with Gasteiger partial charge in [-0.25, -0.2) is 0 Å². The molecule has 0 aromatic carbocycles. The molecule has 0 fully saturated rings. The van der Waals surface area contributed by atoms with E-state index in [1.165, 1.54) is 103 Å². The average molecular weight is 381 g/mol. The third-order valence-electron chi connectivity index (χ3n) is 5.64. The Balaban J connectivity index is 4.34.